The summed E-state index contributed by atoms with van der Waals surface area (Å²) in [7, 11) is 0. The van der Waals surface area contributed by atoms with Crippen LogP contribution in [0, 0.1) is 13.8 Å². The molecule has 0 spiro atoms. The number of carbonyl (C=O) groups is 1. The summed E-state index contributed by atoms with van der Waals surface area (Å²) < 4.78 is 9.70. The molecule has 1 aliphatic rings. The molecule has 0 atom stereocenters. The Morgan fingerprint density at radius 2 is 2.18 bits per heavy atom. The smallest absolute Gasteiger partial charge is 0.192 e. The van der Waals surface area contributed by atoms with Gasteiger partial charge < -0.3 is 8.98 Å². The average molecular weight is 397 g/mol. The highest BCUT2D eigenvalue weighted by Gasteiger charge is 2.31. The molecule has 0 N–H and O–H groups in total. The number of aromatic nitrogens is 4. The Kier molecular flexibility index (Phi) is 5.26. The largest absolute Gasteiger partial charge is 0.467 e. The quantitative estimate of drug-likeness (QED) is 0.305. The number of rotatable bonds is 9. The van der Waals surface area contributed by atoms with Crippen LogP contribution in [0.5, 0.6) is 0 Å². The Hall–Kier alpha value is -2.54. The van der Waals surface area contributed by atoms with Gasteiger partial charge in [0.2, 0.25) is 0 Å². The zero-order chi connectivity index (χ0) is 19.7. The Balaban J connectivity index is 1.51. The van der Waals surface area contributed by atoms with Crippen LogP contribution < -0.4 is 0 Å². The summed E-state index contributed by atoms with van der Waals surface area (Å²) in [5.74, 6) is 2.77. The fourth-order valence-corrected chi connectivity index (χ4v) is 4.29. The summed E-state index contributed by atoms with van der Waals surface area (Å²) in [6.07, 6.45) is 5.82. The van der Waals surface area contributed by atoms with Crippen molar-refractivity contribution < 1.29 is 9.21 Å². The summed E-state index contributed by atoms with van der Waals surface area (Å²) in [4.78, 5) is 12.9. The minimum atomic E-state index is 0.105. The van der Waals surface area contributed by atoms with Gasteiger partial charge in [-0.25, -0.2) is 0 Å². The third kappa shape index (κ3) is 3.71. The monoisotopic (exact) mass is 396 g/mol. The lowest BCUT2D eigenvalue weighted by Crippen LogP contribution is -2.09. The van der Waals surface area contributed by atoms with Crippen molar-refractivity contribution in [2.75, 3.05) is 5.75 Å². The lowest BCUT2D eigenvalue weighted by molar-refractivity contribution is 0.102. The van der Waals surface area contributed by atoms with E-state index in [0.717, 1.165) is 46.5 Å². The van der Waals surface area contributed by atoms with Crippen LogP contribution in [-0.2, 0) is 13.1 Å². The lowest BCUT2D eigenvalue weighted by Gasteiger charge is -2.08. The van der Waals surface area contributed by atoms with E-state index in [-0.39, 0.29) is 5.78 Å². The van der Waals surface area contributed by atoms with Gasteiger partial charge in [0, 0.05) is 29.4 Å². The molecule has 3 aromatic rings. The molecule has 3 heterocycles. The predicted octanol–water partition coefficient (Wildman–Crippen LogP) is 4.38. The van der Waals surface area contributed by atoms with Crippen LogP contribution in [0.2, 0.25) is 0 Å². The second-order valence-corrected chi connectivity index (χ2v) is 8.12. The molecule has 7 heteroatoms. The van der Waals surface area contributed by atoms with Crippen molar-refractivity contribution in [2.24, 2.45) is 0 Å². The van der Waals surface area contributed by atoms with Crippen LogP contribution >= 0.6 is 11.8 Å². The Bertz CT molecular complexity index is 996. The van der Waals surface area contributed by atoms with E-state index < -0.39 is 0 Å². The molecule has 4 rings (SSSR count). The van der Waals surface area contributed by atoms with Gasteiger partial charge in [-0.1, -0.05) is 17.8 Å². The lowest BCUT2D eigenvalue weighted by atomic mass is 10.2. The van der Waals surface area contributed by atoms with Crippen molar-refractivity contribution in [3.05, 3.63) is 65.7 Å². The minimum Gasteiger partial charge on any atom is -0.467 e. The van der Waals surface area contributed by atoms with E-state index >= 15 is 0 Å². The van der Waals surface area contributed by atoms with Crippen LogP contribution in [0.15, 0.2) is 46.7 Å². The maximum Gasteiger partial charge on any atom is 0.192 e. The molecule has 1 fully saturated rings. The fourth-order valence-electron chi connectivity index (χ4n) is 3.46. The van der Waals surface area contributed by atoms with E-state index in [4.69, 9.17) is 4.42 Å². The number of hydrogen-bond donors (Lipinski definition) is 0. The van der Waals surface area contributed by atoms with Crippen LogP contribution in [0.4, 0.5) is 0 Å². The summed E-state index contributed by atoms with van der Waals surface area (Å²) in [5, 5.41) is 9.53. The minimum absolute atomic E-state index is 0.105. The number of allylic oxidation sites excluding steroid dienone is 1. The van der Waals surface area contributed by atoms with Gasteiger partial charge in [0.25, 0.3) is 0 Å². The summed E-state index contributed by atoms with van der Waals surface area (Å²) in [5.41, 5.74) is 2.83. The van der Waals surface area contributed by atoms with Crippen molar-refractivity contribution in [2.45, 2.75) is 50.9 Å². The number of ketones is 1. The predicted molar refractivity (Wildman–Crippen MR) is 109 cm³/mol. The van der Waals surface area contributed by atoms with Gasteiger partial charge in [-0.2, -0.15) is 0 Å². The van der Waals surface area contributed by atoms with E-state index in [2.05, 4.69) is 25.9 Å². The first kappa shape index (κ1) is 18.8. The molecule has 3 aromatic heterocycles. The van der Waals surface area contributed by atoms with Gasteiger partial charge in [-0.3, -0.25) is 9.36 Å². The molecular formula is C21H24N4O2S. The van der Waals surface area contributed by atoms with Crippen LogP contribution in [0.25, 0.3) is 0 Å². The highest BCUT2D eigenvalue weighted by Crippen LogP contribution is 2.40. The summed E-state index contributed by atoms with van der Waals surface area (Å²) >= 11 is 1.44. The van der Waals surface area contributed by atoms with E-state index in [1.54, 1.807) is 6.26 Å². The zero-order valence-electron chi connectivity index (χ0n) is 16.2. The number of thioether (sulfide) groups is 1. The SMILES string of the molecule is C=CCn1c(C)cc(C(=O)CSc2nnc(C3CC3)n2Cc2ccco2)c1C. The van der Waals surface area contributed by atoms with Crippen molar-refractivity contribution >= 4 is 17.5 Å². The summed E-state index contributed by atoms with van der Waals surface area (Å²) in [6.45, 7) is 9.10. The highest BCUT2D eigenvalue weighted by atomic mass is 32.2. The van der Waals surface area contributed by atoms with Gasteiger partial charge in [0.05, 0.1) is 18.6 Å². The van der Waals surface area contributed by atoms with Crippen LogP contribution in [0.1, 0.15) is 52.1 Å². The van der Waals surface area contributed by atoms with Crippen LogP contribution in [-0.4, -0.2) is 30.9 Å². The Morgan fingerprint density at radius 1 is 1.36 bits per heavy atom. The molecule has 28 heavy (non-hydrogen) atoms. The molecule has 6 nitrogen and oxygen atoms in total. The van der Waals surface area contributed by atoms with Crippen molar-refractivity contribution in [1.29, 1.82) is 0 Å². The van der Waals surface area contributed by atoms with Gasteiger partial charge >= 0.3 is 0 Å². The topological polar surface area (TPSA) is 65.8 Å². The number of Topliss-reactive ketones (excluding diaryl/α,β-unsaturated/α-hetero) is 1. The van der Waals surface area contributed by atoms with Crippen molar-refractivity contribution in [3.8, 4) is 0 Å². The normalized spacial score (nSPS) is 13.8. The van der Waals surface area contributed by atoms with E-state index in [0.29, 0.717) is 24.8 Å². The van der Waals surface area contributed by atoms with E-state index in [1.807, 2.05) is 38.1 Å². The van der Waals surface area contributed by atoms with Crippen molar-refractivity contribution in [1.82, 2.24) is 19.3 Å². The van der Waals surface area contributed by atoms with Crippen LogP contribution in [0.3, 0.4) is 0 Å². The first-order chi connectivity index (χ1) is 13.6. The molecule has 0 radical (unpaired) electrons. The number of hydrogen-bond acceptors (Lipinski definition) is 5. The van der Waals surface area contributed by atoms with Gasteiger partial charge in [0.1, 0.15) is 11.6 Å². The molecule has 146 valence electrons. The third-order valence-electron chi connectivity index (χ3n) is 5.10. The van der Waals surface area contributed by atoms with Gasteiger partial charge in [-0.05, 0) is 44.9 Å². The standard InChI is InChI=1S/C21H24N4O2S/c1-4-9-24-14(2)11-18(15(24)3)19(26)13-28-21-23-22-20(16-7-8-16)25(21)12-17-6-5-10-27-17/h4-6,10-11,16H,1,7-9,12-13H2,2-3H3. The number of nitrogens with zero attached hydrogens (tertiary/aromatic N) is 4. The second-order valence-electron chi connectivity index (χ2n) is 7.18. The molecule has 0 aliphatic heterocycles. The average Bonchev–Trinajstić information content (AvgIpc) is 3.12. The molecule has 0 amide bonds. The third-order valence-corrected chi connectivity index (χ3v) is 6.07. The number of aryl methyl sites for hydroxylation is 1. The maximum absolute atomic E-state index is 12.9. The molecule has 0 unspecified atom stereocenters. The summed E-state index contributed by atoms with van der Waals surface area (Å²) in [6, 6.07) is 5.79. The molecule has 1 aliphatic carbocycles. The fraction of sp³-hybridized carbons (Fsp3) is 0.381. The van der Waals surface area contributed by atoms with Gasteiger partial charge in [-0.15, -0.1) is 16.8 Å². The molecule has 0 saturated heterocycles. The highest BCUT2D eigenvalue weighted by molar-refractivity contribution is 7.99. The zero-order valence-corrected chi connectivity index (χ0v) is 17.0. The maximum atomic E-state index is 12.9. The van der Waals surface area contributed by atoms with Crippen molar-refractivity contribution in [3.63, 3.8) is 0 Å². The molecule has 0 aromatic carbocycles. The molecule has 0 bridgehead atoms. The van der Waals surface area contributed by atoms with Gasteiger partial charge in [0.15, 0.2) is 10.9 Å². The van der Waals surface area contributed by atoms with E-state index in [1.165, 1.54) is 11.8 Å². The Labute approximate surface area is 168 Å². The molecule has 1 saturated carbocycles. The first-order valence-electron chi connectivity index (χ1n) is 9.47. The molecular weight excluding hydrogens is 372 g/mol. The second kappa shape index (κ2) is 7.83. The first-order valence-corrected chi connectivity index (χ1v) is 10.5. The number of carbonyl (C=O) groups excluding carboxylic acids is 1. The number of furan rings is 1. The van der Waals surface area contributed by atoms with E-state index in [9.17, 15) is 4.79 Å². The Morgan fingerprint density at radius 3 is 2.86 bits per heavy atom.